The van der Waals surface area contributed by atoms with Crippen molar-refractivity contribution in [1.82, 2.24) is 20.1 Å². The summed E-state index contributed by atoms with van der Waals surface area (Å²) < 4.78 is 2.18. The highest BCUT2D eigenvalue weighted by Crippen LogP contribution is 2.26. The average Bonchev–Trinajstić information content (AvgIpc) is 3.22. The molecule has 4 rings (SSSR count). The molecule has 0 radical (unpaired) electrons. The van der Waals surface area contributed by atoms with Crippen LogP contribution < -0.4 is 5.32 Å². The standard InChI is InChI=1S/C21H24N4OS2/c1-15(20(26)22-17-9-10-17)28-21-24-23-19(14-18-8-5-13-27-18)25(21)12-11-16-6-3-2-4-7-16/h2-8,13,15,17H,9-12,14H2,1H3,(H,22,26)/t15-/m0/s1. The molecule has 1 aliphatic rings. The minimum Gasteiger partial charge on any atom is -0.352 e. The number of thioether (sulfide) groups is 1. The average molecular weight is 413 g/mol. The van der Waals surface area contributed by atoms with Crippen LogP contribution in [0.4, 0.5) is 0 Å². The number of benzene rings is 1. The topological polar surface area (TPSA) is 59.8 Å². The number of nitrogens with zero attached hydrogens (tertiary/aromatic N) is 3. The van der Waals surface area contributed by atoms with Gasteiger partial charge >= 0.3 is 0 Å². The molecule has 1 aliphatic carbocycles. The lowest BCUT2D eigenvalue weighted by atomic mass is 10.1. The molecular formula is C21H24N4OS2. The van der Waals surface area contributed by atoms with Gasteiger partial charge in [0.05, 0.1) is 5.25 Å². The minimum atomic E-state index is -0.185. The van der Waals surface area contributed by atoms with E-state index >= 15 is 0 Å². The first-order chi connectivity index (χ1) is 13.7. The Morgan fingerprint density at radius 1 is 1.25 bits per heavy atom. The van der Waals surface area contributed by atoms with Crippen molar-refractivity contribution in [2.45, 2.75) is 55.6 Å². The lowest BCUT2D eigenvalue weighted by Crippen LogP contribution is -2.32. The van der Waals surface area contributed by atoms with Gasteiger partial charge in [0.15, 0.2) is 5.16 Å². The predicted molar refractivity (Wildman–Crippen MR) is 114 cm³/mol. The van der Waals surface area contributed by atoms with Crippen LogP contribution in [0.1, 0.15) is 36.0 Å². The van der Waals surface area contributed by atoms with E-state index in [9.17, 15) is 4.79 Å². The number of nitrogens with one attached hydrogen (secondary N) is 1. The molecule has 1 atom stereocenters. The number of rotatable bonds is 9. The van der Waals surface area contributed by atoms with Gasteiger partial charge in [-0.3, -0.25) is 4.79 Å². The van der Waals surface area contributed by atoms with Gasteiger partial charge in [-0.25, -0.2) is 0 Å². The van der Waals surface area contributed by atoms with E-state index in [0.717, 1.165) is 43.2 Å². The monoisotopic (exact) mass is 412 g/mol. The van der Waals surface area contributed by atoms with Crippen LogP contribution >= 0.6 is 23.1 Å². The van der Waals surface area contributed by atoms with E-state index in [2.05, 4.69) is 61.9 Å². The second-order valence-electron chi connectivity index (χ2n) is 7.09. The first-order valence-corrected chi connectivity index (χ1v) is 11.4. The van der Waals surface area contributed by atoms with Crippen molar-refractivity contribution < 1.29 is 4.79 Å². The van der Waals surface area contributed by atoms with Crippen LogP contribution in [0.25, 0.3) is 0 Å². The number of aromatic nitrogens is 3. The summed E-state index contributed by atoms with van der Waals surface area (Å²) in [6, 6.07) is 15.0. The molecule has 0 spiro atoms. The van der Waals surface area contributed by atoms with Gasteiger partial charge in [0.1, 0.15) is 5.82 Å². The van der Waals surface area contributed by atoms with Gasteiger partial charge in [0, 0.05) is 23.9 Å². The number of amides is 1. The second kappa shape index (κ2) is 8.92. The zero-order chi connectivity index (χ0) is 19.3. The summed E-state index contributed by atoms with van der Waals surface area (Å²) in [6.45, 7) is 2.74. The number of hydrogen-bond acceptors (Lipinski definition) is 5. The second-order valence-corrected chi connectivity index (χ2v) is 9.43. The minimum absolute atomic E-state index is 0.0879. The zero-order valence-corrected chi connectivity index (χ0v) is 17.5. The summed E-state index contributed by atoms with van der Waals surface area (Å²) in [5.74, 6) is 1.04. The number of thiophene rings is 1. The van der Waals surface area contributed by atoms with E-state index in [1.807, 2.05) is 13.0 Å². The molecule has 2 aromatic heterocycles. The molecule has 0 aliphatic heterocycles. The van der Waals surface area contributed by atoms with Crippen LogP contribution in [-0.4, -0.2) is 32.0 Å². The quantitative estimate of drug-likeness (QED) is 0.541. The number of carbonyl (C=O) groups is 1. The van der Waals surface area contributed by atoms with E-state index in [-0.39, 0.29) is 11.2 Å². The van der Waals surface area contributed by atoms with Crippen molar-refractivity contribution in [1.29, 1.82) is 0 Å². The van der Waals surface area contributed by atoms with Gasteiger partial charge in [-0.05, 0) is 43.2 Å². The number of carbonyl (C=O) groups excluding carboxylic acids is 1. The van der Waals surface area contributed by atoms with E-state index < -0.39 is 0 Å². The van der Waals surface area contributed by atoms with Crippen molar-refractivity contribution in [3.63, 3.8) is 0 Å². The van der Waals surface area contributed by atoms with Crippen LogP contribution in [0, 0.1) is 0 Å². The molecule has 2 heterocycles. The highest BCUT2D eigenvalue weighted by Gasteiger charge is 2.27. The van der Waals surface area contributed by atoms with E-state index in [1.165, 1.54) is 22.2 Å². The van der Waals surface area contributed by atoms with Crippen molar-refractivity contribution in [2.75, 3.05) is 0 Å². The number of aryl methyl sites for hydroxylation is 1. The maximum absolute atomic E-state index is 12.4. The van der Waals surface area contributed by atoms with Gasteiger partial charge < -0.3 is 9.88 Å². The first-order valence-electron chi connectivity index (χ1n) is 9.64. The van der Waals surface area contributed by atoms with Crippen LogP contribution in [0.3, 0.4) is 0 Å². The van der Waals surface area contributed by atoms with Crippen molar-refractivity contribution in [3.8, 4) is 0 Å². The Balaban J connectivity index is 1.50. The summed E-state index contributed by atoms with van der Waals surface area (Å²) in [6.07, 6.45) is 3.87. The highest BCUT2D eigenvalue weighted by molar-refractivity contribution is 8.00. The summed E-state index contributed by atoms with van der Waals surface area (Å²) in [5, 5.41) is 14.7. The maximum atomic E-state index is 12.4. The van der Waals surface area contributed by atoms with E-state index in [0.29, 0.717) is 6.04 Å². The SMILES string of the molecule is C[C@H](Sc1nnc(Cc2cccs2)n1CCc1ccccc1)C(=O)NC1CC1. The molecule has 1 fully saturated rings. The molecule has 0 unspecified atom stereocenters. The fourth-order valence-corrected chi connectivity index (χ4v) is 4.58. The van der Waals surface area contributed by atoms with Gasteiger partial charge in [-0.1, -0.05) is 48.2 Å². The number of hydrogen-bond donors (Lipinski definition) is 1. The van der Waals surface area contributed by atoms with E-state index in [1.54, 1.807) is 11.3 Å². The van der Waals surface area contributed by atoms with Crippen molar-refractivity contribution in [3.05, 3.63) is 64.1 Å². The summed E-state index contributed by atoms with van der Waals surface area (Å²) >= 11 is 3.23. The van der Waals surface area contributed by atoms with Crippen LogP contribution in [0.2, 0.25) is 0 Å². The molecule has 1 saturated carbocycles. The summed E-state index contributed by atoms with van der Waals surface area (Å²) in [7, 11) is 0. The molecule has 3 aromatic rings. The molecular weight excluding hydrogens is 388 g/mol. The largest absolute Gasteiger partial charge is 0.352 e. The molecule has 5 nitrogen and oxygen atoms in total. The normalized spacial score (nSPS) is 14.8. The van der Waals surface area contributed by atoms with E-state index in [4.69, 9.17) is 0 Å². The van der Waals surface area contributed by atoms with Gasteiger partial charge in [-0.15, -0.1) is 21.5 Å². The van der Waals surface area contributed by atoms with Gasteiger partial charge in [0.25, 0.3) is 0 Å². The predicted octanol–water partition coefficient (Wildman–Crippen LogP) is 3.93. The molecule has 0 saturated heterocycles. The van der Waals surface area contributed by atoms with Gasteiger partial charge in [-0.2, -0.15) is 0 Å². The molecule has 7 heteroatoms. The van der Waals surface area contributed by atoms with Crippen LogP contribution in [-0.2, 0) is 24.2 Å². The van der Waals surface area contributed by atoms with Crippen LogP contribution in [0.15, 0.2) is 53.0 Å². The Morgan fingerprint density at radius 3 is 2.79 bits per heavy atom. The van der Waals surface area contributed by atoms with Gasteiger partial charge in [0.2, 0.25) is 5.91 Å². The molecule has 28 heavy (non-hydrogen) atoms. The summed E-state index contributed by atoms with van der Waals surface area (Å²) in [4.78, 5) is 13.6. The molecule has 1 amide bonds. The lowest BCUT2D eigenvalue weighted by molar-refractivity contribution is -0.120. The third-order valence-electron chi connectivity index (χ3n) is 4.75. The van der Waals surface area contributed by atoms with Crippen molar-refractivity contribution >= 4 is 29.0 Å². The highest BCUT2D eigenvalue weighted by atomic mass is 32.2. The Kier molecular flexibility index (Phi) is 6.12. The fourth-order valence-electron chi connectivity index (χ4n) is 2.97. The Morgan fingerprint density at radius 2 is 2.07 bits per heavy atom. The third-order valence-corrected chi connectivity index (χ3v) is 6.70. The molecule has 0 bridgehead atoms. The molecule has 1 aromatic carbocycles. The third kappa shape index (κ3) is 5.02. The Hall–Kier alpha value is -2.12. The maximum Gasteiger partial charge on any atom is 0.233 e. The zero-order valence-electron chi connectivity index (χ0n) is 15.9. The Bertz CT molecular complexity index is 904. The van der Waals surface area contributed by atoms with Crippen LogP contribution in [0.5, 0.6) is 0 Å². The molecule has 146 valence electrons. The molecule has 1 N–H and O–H groups in total. The smallest absolute Gasteiger partial charge is 0.233 e. The summed E-state index contributed by atoms with van der Waals surface area (Å²) in [5.41, 5.74) is 1.29. The van der Waals surface area contributed by atoms with Crippen molar-refractivity contribution in [2.24, 2.45) is 0 Å². The fraction of sp³-hybridized carbons (Fsp3) is 0.381. The lowest BCUT2D eigenvalue weighted by Gasteiger charge is -2.13. The Labute approximate surface area is 173 Å². The first kappa shape index (κ1) is 19.2.